The Morgan fingerprint density at radius 2 is 2.00 bits per heavy atom. The first kappa shape index (κ1) is 26.3. The molecule has 0 aliphatic rings. The van der Waals surface area contributed by atoms with Crippen LogP contribution in [0.4, 0.5) is 10.1 Å². The Labute approximate surface area is 214 Å². The van der Waals surface area contributed by atoms with Crippen LogP contribution < -0.4 is 10.1 Å². The highest BCUT2D eigenvalue weighted by atomic mass is 19.1. The van der Waals surface area contributed by atoms with Crippen LogP contribution in [0.1, 0.15) is 26.1 Å². The summed E-state index contributed by atoms with van der Waals surface area (Å²) in [6.45, 7) is 6.02. The normalized spacial score (nSPS) is 12.6. The van der Waals surface area contributed by atoms with Crippen molar-refractivity contribution >= 4 is 27.6 Å². The second kappa shape index (κ2) is 11.1. The van der Waals surface area contributed by atoms with E-state index in [0.717, 1.165) is 11.1 Å². The highest BCUT2D eigenvalue weighted by Gasteiger charge is 2.18. The van der Waals surface area contributed by atoms with Crippen LogP contribution in [0.3, 0.4) is 0 Å². The van der Waals surface area contributed by atoms with E-state index in [1.54, 1.807) is 46.0 Å². The Morgan fingerprint density at radius 3 is 2.73 bits per heavy atom. The van der Waals surface area contributed by atoms with E-state index in [2.05, 4.69) is 20.3 Å². The average molecular weight is 508 g/mol. The molecule has 0 saturated heterocycles. The molecule has 0 spiro atoms. The van der Waals surface area contributed by atoms with Crippen molar-refractivity contribution in [1.29, 1.82) is 5.26 Å². The van der Waals surface area contributed by atoms with E-state index in [0.29, 0.717) is 52.4 Å². The SMILES string of the molecule is CNc1cc(F)cc2c1[nH]c1nc(C)nc(-c3cccc(OC(C#N)OCCOCCC(C)(C)O)c3)c12. The van der Waals surface area contributed by atoms with Crippen LogP contribution in [0.5, 0.6) is 5.75 Å². The zero-order valence-corrected chi connectivity index (χ0v) is 21.3. The maximum absolute atomic E-state index is 14.4. The van der Waals surface area contributed by atoms with E-state index in [1.165, 1.54) is 12.1 Å². The number of aliphatic hydroxyl groups is 1. The molecule has 0 amide bonds. The Bertz CT molecular complexity index is 1440. The third-order valence-corrected chi connectivity index (χ3v) is 5.72. The molecule has 10 heteroatoms. The molecule has 0 saturated carbocycles. The lowest BCUT2D eigenvalue weighted by molar-refractivity contribution is -0.0651. The molecule has 1 atom stereocenters. The minimum Gasteiger partial charge on any atom is -0.451 e. The summed E-state index contributed by atoms with van der Waals surface area (Å²) in [5, 5.41) is 23.6. The molecule has 4 aromatic rings. The Hall–Kier alpha value is -3.78. The van der Waals surface area contributed by atoms with Crippen molar-refractivity contribution in [3.8, 4) is 23.1 Å². The number of aromatic amines is 1. The molecule has 0 bridgehead atoms. The third-order valence-electron chi connectivity index (χ3n) is 5.72. The quantitative estimate of drug-likeness (QED) is 0.197. The number of rotatable bonds is 11. The third kappa shape index (κ3) is 6.32. The molecule has 9 nitrogen and oxygen atoms in total. The fraction of sp³-hybridized carbons (Fsp3) is 0.370. The van der Waals surface area contributed by atoms with Crippen molar-refractivity contribution in [2.24, 2.45) is 0 Å². The molecule has 3 N–H and O–H groups in total. The molecule has 0 fully saturated rings. The molecule has 0 radical (unpaired) electrons. The number of aromatic nitrogens is 3. The van der Waals surface area contributed by atoms with Crippen LogP contribution in [0.2, 0.25) is 0 Å². The Kier molecular flexibility index (Phi) is 7.88. The van der Waals surface area contributed by atoms with Crippen molar-refractivity contribution in [3.05, 3.63) is 48.0 Å². The summed E-state index contributed by atoms with van der Waals surface area (Å²) in [6, 6.07) is 12.0. The lowest BCUT2D eigenvalue weighted by Gasteiger charge is -2.17. The van der Waals surface area contributed by atoms with Crippen molar-refractivity contribution in [3.63, 3.8) is 0 Å². The van der Waals surface area contributed by atoms with Crippen LogP contribution in [0, 0.1) is 24.1 Å². The molecule has 1 unspecified atom stereocenters. The number of benzene rings is 2. The summed E-state index contributed by atoms with van der Waals surface area (Å²) in [5.41, 5.74) is 2.47. The maximum Gasteiger partial charge on any atom is 0.289 e. The van der Waals surface area contributed by atoms with Crippen LogP contribution in [0.15, 0.2) is 36.4 Å². The molecular formula is C27H30FN5O4. The van der Waals surface area contributed by atoms with Crippen LogP contribution in [0.25, 0.3) is 33.2 Å². The summed E-state index contributed by atoms with van der Waals surface area (Å²) in [7, 11) is 1.73. The summed E-state index contributed by atoms with van der Waals surface area (Å²) in [4.78, 5) is 12.5. The Balaban J connectivity index is 1.55. The van der Waals surface area contributed by atoms with Crippen LogP contribution in [-0.2, 0) is 9.47 Å². The smallest absolute Gasteiger partial charge is 0.289 e. The molecule has 37 heavy (non-hydrogen) atoms. The lowest BCUT2D eigenvalue weighted by atomic mass is 10.1. The van der Waals surface area contributed by atoms with Gasteiger partial charge < -0.3 is 29.6 Å². The number of nitrogens with one attached hydrogen (secondary N) is 2. The van der Waals surface area contributed by atoms with E-state index in [9.17, 15) is 14.8 Å². The Morgan fingerprint density at radius 1 is 1.19 bits per heavy atom. The predicted molar refractivity (Wildman–Crippen MR) is 139 cm³/mol. The minimum absolute atomic E-state index is 0.157. The molecule has 194 valence electrons. The first-order valence-electron chi connectivity index (χ1n) is 11.9. The predicted octanol–water partition coefficient (Wildman–Crippen LogP) is 4.69. The molecule has 4 rings (SSSR count). The highest BCUT2D eigenvalue weighted by Crippen LogP contribution is 2.36. The first-order valence-corrected chi connectivity index (χ1v) is 11.9. The van der Waals surface area contributed by atoms with Crippen LogP contribution >= 0.6 is 0 Å². The fourth-order valence-electron chi connectivity index (χ4n) is 3.96. The van der Waals surface area contributed by atoms with Crippen LogP contribution in [-0.4, -0.2) is 58.8 Å². The van der Waals surface area contributed by atoms with Gasteiger partial charge in [-0.2, -0.15) is 5.26 Å². The first-order chi connectivity index (χ1) is 17.7. The van der Waals surface area contributed by atoms with Gasteiger partial charge in [-0.25, -0.2) is 14.4 Å². The lowest BCUT2D eigenvalue weighted by Crippen LogP contribution is -2.23. The molecular weight excluding hydrogens is 477 g/mol. The zero-order chi connectivity index (χ0) is 26.6. The molecule has 2 aromatic carbocycles. The number of aryl methyl sites for hydroxylation is 1. The molecule has 0 aliphatic carbocycles. The summed E-state index contributed by atoms with van der Waals surface area (Å²) < 4.78 is 31.1. The molecule has 2 heterocycles. The number of ether oxygens (including phenoxy) is 3. The number of halogens is 1. The van der Waals surface area contributed by atoms with Gasteiger partial charge in [-0.05, 0) is 51.5 Å². The van der Waals surface area contributed by atoms with Gasteiger partial charge in [0.25, 0.3) is 6.29 Å². The monoisotopic (exact) mass is 507 g/mol. The van der Waals surface area contributed by atoms with Gasteiger partial charge in [0.1, 0.15) is 29.1 Å². The van der Waals surface area contributed by atoms with Gasteiger partial charge in [-0.3, -0.25) is 0 Å². The summed E-state index contributed by atoms with van der Waals surface area (Å²) in [6.07, 6.45) is -0.645. The van der Waals surface area contributed by atoms with Gasteiger partial charge in [0, 0.05) is 24.6 Å². The number of anilines is 1. The number of nitriles is 1. The molecule has 2 aromatic heterocycles. The van der Waals surface area contributed by atoms with Gasteiger partial charge >= 0.3 is 0 Å². The second-order valence-electron chi connectivity index (χ2n) is 9.25. The van der Waals surface area contributed by atoms with Gasteiger partial charge in [0.15, 0.2) is 0 Å². The van der Waals surface area contributed by atoms with E-state index < -0.39 is 11.9 Å². The van der Waals surface area contributed by atoms with E-state index in [1.807, 2.05) is 12.1 Å². The number of hydrogen-bond donors (Lipinski definition) is 3. The number of nitrogens with zero attached hydrogens (tertiary/aromatic N) is 3. The van der Waals surface area contributed by atoms with Crippen molar-refractivity contribution in [2.45, 2.75) is 39.1 Å². The van der Waals surface area contributed by atoms with Gasteiger partial charge in [-0.1, -0.05) is 12.1 Å². The molecule has 0 aliphatic heterocycles. The topological polar surface area (TPSA) is 125 Å². The van der Waals surface area contributed by atoms with Gasteiger partial charge in [0.2, 0.25) is 0 Å². The second-order valence-corrected chi connectivity index (χ2v) is 9.25. The number of hydrogen-bond acceptors (Lipinski definition) is 8. The maximum atomic E-state index is 14.4. The van der Waals surface area contributed by atoms with Gasteiger partial charge in [-0.15, -0.1) is 0 Å². The minimum atomic E-state index is -1.14. The average Bonchev–Trinajstić information content (AvgIpc) is 3.21. The van der Waals surface area contributed by atoms with Gasteiger partial charge in [0.05, 0.1) is 41.1 Å². The summed E-state index contributed by atoms with van der Waals surface area (Å²) in [5.74, 6) is 0.590. The fourth-order valence-corrected chi connectivity index (χ4v) is 3.96. The highest BCUT2D eigenvalue weighted by molar-refractivity contribution is 6.15. The zero-order valence-electron chi connectivity index (χ0n) is 21.3. The number of fused-ring (bicyclic) bond motifs is 3. The van der Waals surface area contributed by atoms with E-state index in [-0.39, 0.29) is 19.0 Å². The number of H-pyrrole nitrogens is 1. The van der Waals surface area contributed by atoms with E-state index >= 15 is 0 Å². The van der Waals surface area contributed by atoms with E-state index in [4.69, 9.17) is 14.2 Å². The van der Waals surface area contributed by atoms with Crippen molar-refractivity contribution in [1.82, 2.24) is 15.0 Å². The van der Waals surface area contributed by atoms with Crippen molar-refractivity contribution < 1.29 is 23.7 Å². The largest absolute Gasteiger partial charge is 0.451 e. The standard InChI is InChI=1S/C27H30FN5O4/c1-16-31-24(23-20-13-18(28)14-21(30-4)25(20)33-26(23)32-16)17-6-5-7-19(12-17)37-22(15-29)36-11-10-35-9-8-27(2,3)34/h5-7,12-14,22,30,34H,8-11H2,1-4H3,(H,31,32,33). The van der Waals surface area contributed by atoms with Crippen molar-refractivity contribution in [2.75, 3.05) is 32.2 Å². The summed E-state index contributed by atoms with van der Waals surface area (Å²) >= 11 is 0.